The van der Waals surface area contributed by atoms with Crippen molar-refractivity contribution in [3.63, 3.8) is 0 Å². The molecule has 0 saturated heterocycles. The van der Waals surface area contributed by atoms with Crippen LogP contribution in [0.4, 0.5) is 0 Å². The van der Waals surface area contributed by atoms with E-state index in [1.54, 1.807) is 6.92 Å². The molecule has 0 spiro atoms. The van der Waals surface area contributed by atoms with Gasteiger partial charge in [-0.25, -0.2) is 17.9 Å². The first kappa shape index (κ1) is 14.9. The molecule has 3 N–H and O–H groups in total. The first-order chi connectivity index (χ1) is 8.24. The van der Waals surface area contributed by atoms with E-state index in [-0.39, 0.29) is 4.90 Å². The molecule has 0 saturated carbocycles. The van der Waals surface area contributed by atoms with Gasteiger partial charge >= 0.3 is 5.97 Å². The van der Waals surface area contributed by atoms with Gasteiger partial charge in [0.2, 0.25) is 10.0 Å². The van der Waals surface area contributed by atoms with Crippen molar-refractivity contribution in [3.8, 4) is 0 Å². The zero-order valence-corrected chi connectivity index (χ0v) is 11.0. The third-order valence-corrected chi connectivity index (χ3v) is 4.00. The van der Waals surface area contributed by atoms with Crippen molar-refractivity contribution in [2.75, 3.05) is 6.54 Å². The number of carbonyl (C=O) groups is 1. The molecular weight excluding hydrogens is 282 g/mol. The van der Waals surface area contributed by atoms with Gasteiger partial charge in [-0.1, -0.05) is 11.6 Å². The van der Waals surface area contributed by atoms with Gasteiger partial charge in [-0.15, -0.1) is 0 Å². The van der Waals surface area contributed by atoms with Gasteiger partial charge in [0.05, 0.1) is 4.90 Å². The summed E-state index contributed by atoms with van der Waals surface area (Å²) < 4.78 is 25.7. The lowest BCUT2D eigenvalue weighted by Crippen LogP contribution is -2.36. The molecule has 6 nitrogen and oxygen atoms in total. The number of carboxylic acids is 1. The number of nitrogens with one attached hydrogen (secondary N) is 1. The van der Waals surface area contributed by atoms with Gasteiger partial charge in [-0.05, 0) is 30.7 Å². The van der Waals surface area contributed by atoms with Gasteiger partial charge in [-0.3, -0.25) is 0 Å². The lowest BCUT2D eigenvalue weighted by Gasteiger charge is -2.10. The summed E-state index contributed by atoms with van der Waals surface area (Å²) in [6, 6.07) is 4.20. The summed E-state index contributed by atoms with van der Waals surface area (Å²) in [4.78, 5) is 10.4. The van der Waals surface area contributed by atoms with Gasteiger partial charge in [0, 0.05) is 11.6 Å². The first-order valence-corrected chi connectivity index (χ1v) is 6.77. The molecule has 0 amide bonds. The maximum Gasteiger partial charge on any atom is 0.333 e. The van der Waals surface area contributed by atoms with E-state index in [2.05, 4.69) is 0 Å². The van der Waals surface area contributed by atoms with Crippen LogP contribution in [0.5, 0.6) is 0 Å². The molecule has 1 atom stereocenters. The molecule has 0 heterocycles. The van der Waals surface area contributed by atoms with Gasteiger partial charge < -0.3 is 10.2 Å². The minimum absolute atomic E-state index is 0.00973. The van der Waals surface area contributed by atoms with E-state index in [9.17, 15) is 13.2 Å². The predicted molar refractivity (Wildman–Crippen MR) is 65.0 cm³/mol. The molecule has 0 fully saturated rings. The fourth-order valence-corrected chi connectivity index (χ4v) is 2.76. The van der Waals surface area contributed by atoms with Gasteiger partial charge in [0.15, 0.2) is 6.10 Å². The Balaban J connectivity index is 2.90. The van der Waals surface area contributed by atoms with E-state index in [0.717, 1.165) is 0 Å². The maximum atomic E-state index is 11.8. The highest BCUT2D eigenvalue weighted by Gasteiger charge is 2.20. The van der Waals surface area contributed by atoms with Crippen molar-refractivity contribution in [1.29, 1.82) is 0 Å². The van der Waals surface area contributed by atoms with E-state index in [1.165, 1.54) is 18.2 Å². The number of benzene rings is 1. The lowest BCUT2D eigenvalue weighted by atomic mass is 10.2. The fraction of sp³-hybridized carbons (Fsp3) is 0.300. The van der Waals surface area contributed by atoms with Crippen LogP contribution < -0.4 is 4.72 Å². The molecule has 18 heavy (non-hydrogen) atoms. The quantitative estimate of drug-likeness (QED) is 0.728. The van der Waals surface area contributed by atoms with Crippen LogP contribution in [0.2, 0.25) is 5.02 Å². The number of aryl methyl sites for hydroxylation is 1. The minimum Gasteiger partial charge on any atom is -0.479 e. The zero-order chi connectivity index (χ0) is 13.9. The van der Waals surface area contributed by atoms with E-state index in [4.69, 9.17) is 21.8 Å². The van der Waals surface area contributed by atoms with Crippen LogP contribution in [0.1, 0.15) is 5.56 Å². The van der Waals surface area contributed by atoms with Gasteiger partial charge in [0.25, 0.3) is 0 Å². The Kier molecular flexibility index (Phi) is 4.69. The smallest absolute Gasteiger partial charge is 0.333 e. The average Bonchev–Trinajstić information content (AvgIpc) is 2.25. The van der Waals surface area contributed by atoms with Crippen LogP contribution in [0.3, 0.4) is 0 Å². The monoisotopic (exact) mass is 293 g/mol. The minimum atomic E-state index is -3.87. The van der Waals surface area contributed by atoms with Crippen molar-refractivity contribution in [2.24, 2.45) is 0 Å². The Labute approximate surface area is 109 Å². The molecule has 1 rings (SSSR count). The number of rotatable bonds is 5. The summed E-state index contributed by atoms with van der Waals surface area (Å²) in [5, 5.41) is 17.8. The highest BCUT2D eigenvalue weighted by atomic mass is 35.5. The summed E-state index contributed by atoms with van der Waals surface area (Å²) in [6.45, 7) is 0.966. The van der Waals surface area contributed by atoms with E-state index < -0.39 is 28.6 Å². The number of aliphatic carboxylic acids is 1. The SMILES string of the molecule is Cc1cc(Cl)ccc1S(=O)(=O)NCC(O)C(=O)O. The molecule has 0 radical (unpaired) electrons. The maximum absolute atomic E-state index is 11.8. The second-order valence-corrected chi connectivity index (χ2v) is 5.79. The summed E-state index contributed by atoms with van der Waals surface area (Å²) in [5.74, 6) is -1.49. The van der Waals surface area contributed by atoms with Gasteiger partial charge in [0.1, 0.15) is 0 Å². The van der Waals surface area contributed by atoms with Crippen molar-refractivity contribution in [3.05, 3.63) is 28.8 Å². The molecule has 0 aromatic heterocycles. The van der Waals surface area contributed by atoms with Crippen molar-refractivity contribution in [2.45, 2.75) is 17.9 Å². The number of hydrogen-bond donors (Lipinski definition) is 3. The van der Waals surface area contributed by atoms with E-state index in [1.807, 2.05) is 4.72 Å². The molecule has 100 valence electrons. The van der Waals surface area contributed by atoms with Crippen LogP contribution in [0.15, 0.2) is 23.1 Å². The van der Waals surface area contributed by atoms with Crippen molar-refractivity contribution >= 4 is 27.6 Å². The number of aliphatic hydroxyl groups is 1. The predicted octanol–water partition coefficient (Wildman–Crippen LogP) is 0.372. The third-order valence-electron chi connectivity index (χ3n) is 2.18. The van der Waals surface area contributed by atoms with E-state index >= 15 is 0 Å². The summed E-state index contributed by atoms with van der Waals surface area (Å²) >= 11 is 5.70. The normalized spacial score (nSPS) is 13.3. The standard InChI is InChI=1S/C10H12ClNO5S/c1-6-4-7(11)2-3-9(6)18(16,17)12-5-8(13)10(14)15/h2-4,8,12-13H,5H2,1H3,(H,14,15). The molecule has 1 unspecified atom stereocenters. The van der Waals surface area contributed by atoms with Crippen LogP contribution in [-0.4, -0.2) is 37.2 Å². The van der Waals surface area contributed by atoms with Crippen molar-refractivity contribution < 1.29 is 23.4 Å². The van der Waals surface area contributed by atoms with Gasteiger partial charge in [-0.2, -0.15) is 0 Å². The topological polar surface area (TPSA) is 104 Å². The van der Waals surface area contributed by atoms with Crippen LogP contribution in [0.25, 0.3) is 0 Å². The molecule has 1 aromatic rings. The molecule has 1 aromatic carbocycles. The molecule has 0 aliphatic carbocycles. The van der Waals surface area contributed by atoms with Crippen LogP contribution >= 0.6 is 11.6 Å². The Bertz CT molecular complexity index is 557. The van der Waals surface area contributed by atoms with Crippen LogP contribution in [0, 0.1) is 6.92 Å². The Hall–Kier alpha value is -1.15. The fourth-order valence-electron chi connectivity index (χ4n) is 1.27. The zero-order valence-electron chi connectivity index (χ0n) is 9.42. The van der Waals surface area contributed by atoms with Crippen molar-refractivity contribution in [1.82, 2.24) is 4.72 Å². The number of sulfonamides is 1. The third kappa shape index (κ3) is 3.67. The largest absolute Gasteiger partial charge is 0.479 e. The second kappa shape index (κ2) is 5.66. The molecule has 8 heteroatoms. The Morgan fingerprint density at radius 3 is 2.61 bits per heavy atom. The number of carboxylic acid groups (broad SMARTS) is 1. The number of hydrogen-bond acceptors (Lipinski definition) is 4. The first-order valence-electron chi connectivity index (χ1n) is 4.91. The Morgan fingerprint density at radius 1 is 1.50 bits per heavy atom. The molecule has 0 bridgehead atoms. The molecule has 0 aliphatic rings. The molecule has 0 aliphatic heterocycles. The highest BCUT2D eigenvalue weighted by Crippen LogP contribution is 2.19. The number of aliphatic hydroxyl groups excluding tert-OH is 1. The Morgan fingerprint density at radius 2 is 2.11 bits per heavy atom. The summed E-state index contributed by atoms with van der Waals surface area (Å²) in [6.07, 6.45) is -1.78. The molecular formula is C10H12ClNO5S. The second-order valence-electron chi connectivity index (χ2n) is 3.62. The number of halogens is 1. The average molecular weight is 294 g/mol. The van der Waals surface area contributed by atoms with E-state index in [0.29, 0.717) is 10.6 Å². The summed E-state index contributed by atoms with van der Waals surface area (Å²) in [7, 11) is -3.87. The lowest BCUT2D eigenvalue weighted by molar-refractivity contribution is -0.146. The summed E-state index contributed by atoms with van der Waals surface area (Å²) in [5.41, 5.74) is 0.430. The van der Waals surface area contributed by atoms with Crippen LogP contribution in [-0.2, 0) is 14.8 Å². The highest BCUT2D eigenvalue weighted by molar-refractivity contribution is 7.89.